The molecule has 28 heavy (non-hydrogen) atoms. The van der Waals surface area contributed by atoms with Crippen molar-refractivity contribution in [3.63, 3.8) is 0 Å². The van der Waals surface area contributed by atoms with Crippen LogP contribution in [0.25, 0.3) is 0 Å². The van der Waals surface area contributed by atoms with Crippen molar-refractivity contribution in [1.82, 2.24) is 14.6 Å². The number of morpholine rings is 1. The molecule has 4 rings (SSSR count). The summed E-state index contributed by atoms with van der Waals surface area (Å²) >= 11 is 0. The maximum Gasteiger partial charge on any atom is 0.245 e. The number of fused-ring (bicyclic) bond motifs is 1. The molecular formula is C18H24N4O5S. The molecule has 10 heteroatoms. The van der Waals surface area contributed by atoms with Crippen LogP contribution < -0.4 is 10.2 Å². The summed E-state index contributed by atoms with van der Waals surface area (Å²) in [4.78, 5) is 18.0. The smallest absolute Gasteiger partial charge is 0.245 e. The van der Waals surface area contributed by atoms with E-state index < -0.39 is 10.0 Å². The summed E-state index contributed by atoms with van der Waals surface area (Å²) in [6.45, 7) is 6.85. The summed E-state index contributed by atoms with van der Waals surface area (Å²) in [5, 5.41) is 2.71. The van der Waals surface area contributed by atoms with Crippen LogP contribution in [0.3, 0.4) is 0 Å². The maximum atomic E-state index is 13.0. The first kappa shape index (κ1) is 19.3. The molecule has 3 atom stereocenters. The zero-order chi connectivity index (χ0) is 19.7. The van der Waals surface area contributed by atoms with Crippen LogP contribution >= 0.6 is 0 Å². The number of pyridine rings is 1. The molecule has 152 valence electrons. The third-order valence-electron chi connectivity index (χ3n) is 5.39. The molecule has 3 aliphatic rings. The Kier molecular flexibility index (Phi) is 5.37. The first-order valence-corrected chi connectivity index (χ1v) is 10.8. The van der Waals surface area contributed by atoms with Crippen molar-refractivity contribution in [2.75, 3.05) is 44.3 Å². The fourth-order valence-corrected chi connectivity index (χ4v) is 5.34. The molecule has 3 saturated heterocycles. The Morgan fingerprint density at radius 3 is 2.71 bits per heavy atom. The van der Waals surface area contributed by atoms with Crippen molar-refractivity contribution >= 4 is 21.7 Å². The number of amides is 1. The molecule has 0 saturated carbocycles. The molecule has 1 amide bonds. The zero-order valence-corrected chi connectivity index (χ0v) is 16.3. The van der Waals surface area contributed by atoms with Gasteiger partial charge in [0.2, 0.25) is 15.9 Å². The normalized spacial score (nSPS) is 28.1. The van der Waals surface area contributed by atoms with Gasteiger partial charge in [-0.15, -0.1) is 0 Å². The number of carbonyl (C=O) groups excluding carboxylic acids is 1. The average Bonchev–Trinajstić information content (AvgIpc) is 3.28. The Bertz CT molecular complexity index is 824. The third kappa shape index (κ3) is 3.77. The van der Waals surface area contributed by atoms with Crippen molar-refractivity contribution < 1.29 is 22.7 Å². The second kappa shape index (κ2) is 7.78. The van der Waals surface area contributed by atoms with Crippen LogP contribution in [0.4, 0.5) is 5.82 Å². The Balaban J connectivity index is 1.40. The van der Waals surface area contributed by atoms with E-state index in [0.29, 0.717) is 26.2 Å². The summed E-state index contributed by atoms with van der Waals surface area (Å²) in [7, 11) is -3.63. The number of nitrogens with one attached hydrogen (secondary N) is 1. The fraction of sp³-hybridized carbons (Fsp3) is 0.556. The quantitative estimate of drug-likeness (QED) is 0.682. The summed E-state index contributed by atoms with van der Waals surface area (Å²) in [6.07, 6.45) is 2.60. The minimum atomic E-state index is -3.63. The van der Waals surface area contributed by atoms with E-state index in [4.69, 9.17) is 9.47 Å². The predicted molar refractivity (Wildman–Crippen MR) is 101 cm³/mol. The van der Waals surface area contributed by atoms with Crippen LogP contribution in [0.2, 0.25) is 0 Å². The van der Waals surface area contributed by atoms with Gasteiger partial charge >= 0.3 is 0 Å². The number of rotatable bonds is 5. The summed E-state index contributed by atoms with van der Waals surface area (Å²) in [5.74, 6) is 0.524. The lowest BCUT2D eigenvalue weighted by molar-refractivity contribution is -0.120. The number of hydrogen-bond acceptors (Lipinski definition) is 7. The number of aromatic nitrogens is 1. The molecule has 3 unspecified atom stereocenters. The average molecular weight is 408 g/mol. The molecule has 0 spiro atoms. The third-order valence-corrected chi connectivity index (χ3v) is 7.20. The summed E-state index contributed by atoms with van der Waals surface area (Å²) in [6, 6.07) is 3.35. The second-order valence-electron chi connectivity index (χ2n) is 7.15. The molecule has 9 nitrogen and oxygen atoms in total. The van der Waals surface area contributed by atoms with E-state index in [1.165, 1.54) is 16.6 Å². The van der Waals surface area contributed by atoms with Crippen molar-refractivity contribution in [3.8, 4) is 0 Å². The molecule has 4 heterocycles. The number of carbonyl (C=O) groups is 1. The van der Waals surface area contributed by atoms with Crippen LogP contribution in [0, 0.1) is 5.92 Å². The monoisotopic (exact) mass is 408 g/mol. The van der Waals surface area contributed by atoms with Crippen LogP contribution in [-0.4, -0.2) is 75.3 Å². The highest BCUT2D eigenvalue weighted by Crippen LogP contribution is 2.35. The van der Waals surface area contributed by atoms with Gasteiger partial charge in [0.1, 0.15) is 16.9 Å². The Morgan fingerprint density at radius 2 is 2.07 bits per heavy atom. The molecule has 0 aromatic carbocycles. The van der Waals surface area contributed by atoms with E-state index in [-0.39, 0.29) is 35.6 Å². The number of sulfonamides is 1. The summed E-state index contributed by atoms with van der Waals surface area (Å²) < 4.78 is 38.5. The highest BCUT2D eigenvalue weighted by Gasteiger charge is 2.46. The number of hydrogen-bond donors (Lipinski definition) is 1. The van der Waals surface area contributed by atoms with Gasteiger partial charge in [-0.25, -0.2) is 13.4 Å². The van der Waals surface area contributed by atoms with E-state index in [0.717, 1.165) is 18.9 Å². The summed E-state index contributed by atoms with van der Waals surface area (Å²) in [5.41, 5.74) is 0. The second-order valence-corrected chi connectivity index (χ2v) is 9.08. The predicted octanol–water partition coefficient (Wildman–Crippen LogP) is -0.0441. The molecule has 0 radical (unpaired) electrons. The van der Waals surface area contributed by atoms with Gasteiger partial charge in [-0.1, -0.05) is 6.58 Å². The van der Waals surface area contributed by atoms with Crippen molar-refractivity contribution in [2.24, 2.45) is 5.92 Å². The number of nitrogens with zero attached hydrogens (tertiary/aromatic N) is 3. The Morgan fingerprint density at radius 1 is 1.29 bits per heavy atom. The molecular weight excluding hydrogens is 384 g/mol. The van der Waals surface area contributed by atoms with E-state index in [1.54, 1.807) is 12.1 Å². The van der Waals surface area contributed by atoms with Crippen LogP contribution in [-0.2, 0) is 24.3 Å². The van der Waals surface area contributed by atoms with E-state index in [2.05, 4.69) is 21.8 Å². The van der Waals surface area contributed by atoms with E-state index in [9.17, 15) is 13.2 Å². The SMILES string of the molecule is C=CC(=O)NC1CC2CN(S(=O)(=O)c3ccc(N4CCOCC4)nc3)CC2O1. The zero-order valence-electron chi connectivity index (χ0n) is 15.5. The Hall–Kier alpha value is -2.01. The van der Waals surface area contributed by atoms with Gasteiger partial charge in [-0.05, 0) is 24.6 Å². The van der Waals surface area contributed by atoms with Crippen molar-refractivity contribution in [1.29, 1.82) is 0 Å². The van der Waals surface area contributed by atoms with E-state index in [1.807, 2.05) is 0 Å². The minimum absolute atomic E-state index is 0.0606. The lowest BCUT2D eigenvalue weighted by Crippen LogP contribution is -2.37. The standard InChI is InChI=1S/C18H24N4O5S/c1-2-17(23)20-18-9-13-11-22(12-15(13)27-18)28(24,25)14-3-4-16(19-10-14)21-5-7-26-8-6-21/h2-4,10,13,15,18H,1,5-9,11-12H2,(H,20,23). The largest absolute Gasteiger partial charge is 0.378 e. The van der Waals surface area contributed by atoms with Gasteiger partial charge in [0.15, 0.2) is 0 Å². The first-order chi connectivity index (χ1) is 13.5. The van der Waals surface area contributed by atoms with Gasteiger partial charge in [0, 0.05) is 38.3 Å². The highest BCUT2D eigenvalue weighted by molar-refractivity contribution is 7.89. The molecule has 1 aromatic heterocycles. The first-order valence-electron chi connectivity index (χ1n) is 9.34. The van der Waals surface area contributed by atoms with Crippen LogP contribution in [0.15, 0.2) is 35.9 Å². The van der Waals surface area contributed by atoms with Crippen molar-refractivity contribution in [2.45, 2.75) is 23.6 Å². The van der Waals surface area contributed by atoms with Gasteiger partial charge in [0.05, 0.1) is 19.3 Å². The molecule has 3 fully saturated rings. The minimum Gasteiger partial charge on any atom is -0.378 e. The molecule has 1 aromatic rings. The Labute approximate surface area is 164 Å². The lowest BCUT2D eigenvalue weighted by Gasteiger charge is -2.28. The fourth-order valence-electron chi connectivity index (χ4n) is 3.89. The van der Waals surface area contributed by atoms with E-state index >= 15 is 0 Å². The van der Waals surface area contributed by atoms with Gasteiger partial charge in [0.25, 0.3) is 0 Å². The topological polar surface area (TPSA) is 101 Å². The molecule has 0 aliphatic carbocycles. The van der Waals surface area contributed by atoms with Crippen LogP contribution in [0.5, 0.6) is 0 Å². The van der Waals surface area contributed by atoms with Crippen molar-refractivity contribution in [3.05, 3.63) is 31.0 Å². The maximum absolute atomic E-state index is 13.0. The van der Waals surface area contributed by atoms with Gasteiger partial charge in [-0.2, -0.15) is 4.31 Å². The lowest BCUT2D eigenvalue weighted by atomic mass is 10.1. The van der Waals surface area contributed by atoms with Gasteiger partial charge in [-0.3, -0.25) is 4.79 Å². The number of anilines is 1. The van der Waals surface area contributed by atoms with Crippen LogP contribution in [0.1, 0.15) is 6.42 Å². The molecule has 1 N–H and O–H groups in total. The molecule has 0 bridgehead atoms. The number of ether oxygens (including phenoxy) is 2. The highest BCUT2D eigenvalue weighted by atomic mass is 32.2. The van der Waals surface area contributed by atoms with Gasteiger partial charge < -0.3 is 19.7 Å². The molecule has 3 aliphatic heterocycles.